The van der Waals surface area contributed by atoms with Gasteiger partial charge >= 0.3 is 17.1 Å². The number of rotatable bonds is 3. The first kappa shape index (κ1) is 22.5. The van der Waals surface area contributed by atoms with E-state index >= 15 is 0 Å². The summed E-state index contributed by atoms with van der Waals surface area (Å²) < 4.78 is 0. The zero-order valence-electron chi connectivity index (χ0n) is 5.61. The van der Waals surface area contributed by atoms with Crippen molar-refractivity contribution in [2.75, 3.05) is 13.2 Å². The van der Waals surface area contributed by atoms with Crippen LogP contribution in [0.15, 0.2) is 0 Å². The van der Waals surface area contributed by atoms with Crippen LogP contribution >= 0.6 is 0 Å². The molecule has 0 saturated heterocycles. The van der Waals surface area contributed by atoms with E-state index in [0.717, 1.165) is 0 Å². The molecule has 2 atom stereocenters. The van der Waals surface area contributed by atoms with Gasteiger partial charge in [0.15, 0.2) is 0 Å². The summed E-state index contributed by atoms with van der Waals surface area (Å²) in [7, 11) is 0. The zero-order chi connectivity index (χ0) is 6.57. The molecule has 7 heteroatoms. The van der Waals surface area contributed by atoms with E-state index in [1.165, 1.54) is 0 Å². The van der Waals surface area contributed by atoms with Crippen molar-refractivity contribution in [3.63, 3.8) is 0 Å². The van der Waals surface area contributed by atoms with Crippen molar-refractivity contribution in [3.8, 4) is 0 Å². The van der Waals surface area contributed by atoms with Crippen molar-refractivity contribution in [1.82, 2.24) is 0 Å². The minimum Gasteiger partial charge on any atom is -0.870 e. The van der Waals surface area contributed by atoms with E-state index in [2.05, 4.69) is 0 Å². The molecule has 0 radical (unpaired) electrons. The van der Waals surface area contributed by atoms with E-state index < -0.39 is 25.4 Å². The Morgan fingerprint density at radius 2 is 1.00 bits per heavy atom. The van der Waals surface area contributed by atoms with Gasteiger partial charge in [-0.2, -0.15) is 0 Å². The third kappa shape index (κ3) is 10.3. The van der Waals surface area contributed by atoms with Crippen LogP contribution in [0.2, 0.25) is 0 Å². The first-order valence-electron chi connectivity index (χ1n) is 2.30. The van der Waals surface area contributed by atoms with Crippen molar-refractivity contribution in [1.29, 1.82) is 0 Å². The Morgan fingerprint density at radius 1 is 0.818 bits per heavy atom. The van der Waals surface area contributed by atoms with E-state index in [4.69, 9.17) is 20.4 Å². The molecule has 72 valence electrons. The third-order valence-electron chi connectivity index (χ3n) is 0.818. The molecule has 0 aliphatic rings. The Labute approximate surface area is 74.6 Å². The second kappa shape index (κ2) is 12.9. The Hall–Kier alpha value is 0.279. The van der Waals surface area contributed by atoms with Crippen LogP contribution in [0.4, 0.5) is 0 Å². The normalized spacial score (nSPS) is 13.1. The van der Waals surface area contributed by atoms with Crippen molar-refractivity contribution in [2.45, 2.75) is 12.2 Å². The van der Waals surface area contributed by atoms with Crippen LogP contribution in [0.1, 0.15) is 0 Å². The van der Waals surface area contributed by atoms with Gasteiger partial charge in [-0.05, 0) is 0 Å². The molecule has 0 aromatic heterocycles. The minimum absolute atomic E-state index is 0. The fraction of sp³-hybridized carbons (Fsp3) is 1.00. The minimum atomic E-state index is -1.22. The van der Waals surface area contributed by atoms with Gasteiger partial charge in [0.2, 0.25) is 0 Å². The average Bonchev–Trinajstić information content (AvgIpc) is 1.84. The van der Waals surface area contributed by atoms with Crippen molar-refractivity contribution >= 4 is 0 Å². The molecule has 0 aromatic carbocycles. The number of aliphatic hydroxyl groups is 4. The average molecular weight is 212 g/mol. The molecular formula is C4H12FeO6. The van der Waals surface area contributed by atoms with Crippen molar-refractivity contribution in [2.24, 2.45) is 0 Å². The van der Waals surface area contributed by atoms with Crippen LogP contribution < -0.4 is 0 Å². The Morgan fingerprint density at radius 3 is 1.09 bits per heavy atom. The third-order valence-corrected chi connectivity index (χ3v) is 0.818. The molecule has 0 aliphatic heterocycles. The number of hydrogen-bond acceptors (Lipinski definition) is 6. The standard InChI is InChI=1S/C4H10O4.Fe.2H2O/c5-1-3(7)4(8)2-6;;;/h3-8H,1-2H2;;2*1H2/q;+2;;/p-2. The summed E-state index contributed by atoms with van der Waals surface area (Å²) in [4.78, 5) is 0. The van der Waals surface area contributed by atoms with Crippen molar-refractivity contribution in [3.05, 3.63) is 0 Å². The Bertz CT molecular complexity index is 54.5. The molecule has 0 saturated carbocycles. The summed E-state index contributed by atoms with van der Waals surface area (Å²) in [5.74, 6) is 0. The fourth-order valence-electron chi connectivity index (χ4n) is 0.243. The van der Waals surface area contributed by atoms with Gasteiger partial charge in [-0.3, -0.25) is 0 Å². The van der Waals surface area contributed by atoms with Crippen molar-refractivity contribution < 1.29 is 48.4 Å². The van der Waals surface area contributed by atoms with Crippen LogP contribution in [0.5, 0.6) is 0 Å². The van der Waals surface area contributed by atoms with Crippen LogP contribution in [0.3, 0.4) is 0 Å². The quantitative estimate of drug-likeness (QED) is 0.376. The molecule has 0 bridgehead atoms. The van der Waals surface area contributed by atoms with Gasteiger partial charge in [-0.1, -0.05) is 0 Å². The van der Waals surface area contributed by atoms with Crippen LogP contribution in [0, 0.1) is 0 Å². The maximum absolute atomic E-state index is 8.47. The molecular weight excluding hydrogens is 200 g/mol. The molecule has 0 amide bonds. The second-order valence-electron chi connectivity index (χ2n) is 1.50. The Balaban J connectivity index is -0.0000000817. The molecule has 0 rings (SSSR count). The summed E-state index contributed by atoms with van der Waals surface area (Å²) in [6, 6.07) is 0. The maximum Gasteiger partial charge on any atom is 2.00 e. The van der Waals surface area contributed by atoms with E-state index in [0.29, 0.717) is 0 Å². The summed E-state index contributed by atoms with van der Waals surface area (Å²) in [6.07, 6.45) is -2.44. The smallest absolute Gasteiger partial charge is 0.870 e. The Kier molecular flexibility index (Phi) is 26.4. The van der Waals surface area contributed by atoms with Gasteiger partial charge in [0, 0.05) is 0 Å². The van der Waals surface area contributed by atoms with Gasteiger partial charge < -0.3 is 31.4 Å². The molecule has 11 heavy (non-hydrogen) atoms. The molecule has 2 unspecified atom stereocenters. The summed E-state index contributed by atoms with van der Waals surface area (Å²) in [6.45, 7) is -1.05. The summed E-state index contributed by atoms with van der Waals surface area (Å²) in [5.41, 5.74) is 0. The first-order valence-corrected chi connectivity index (χ1v) is 2.30. The molecule has 0 spiro atoms. The van der Waals surface area contributed by atoms with E-state index in [-0.39, 0.29) is 28.0 Å². The molecule has 0 fully saturated rings. The number of aliphatic hydroxyl groups excluding tert-OH is 4. The van der Waals surface area contributed by atoms with E-state index in [1.54, 1.807) is 0 Å². The van der Waals surface area contributed by atoms with Gasteiger partial charge in [0.05, 0.1) is 13.2 Å². The maximum atomic E-state index is 8.47. The SMILES string of the molecule is OCC(O)C(O)CO.[Fe+2].[OH-].[OH-]. The fourth-order valence-corrected chi connectivity index (χ4v) is 0.243. The monoisotopic (exact) mass is 212 g/mol. The van der Waals surface area contributed by atoms with Gasteiger partial charge in [-0.25, -0.2) is 0 Å². The number of hydrogen-bond donors (Lipinski definition) is 4. The largest absolute Gasteiger partial charge is 2.00 e. The summed E-state index contributed by atoms with van der Waals surface area (Å²) in [5, 5.41) is 33.2. The second-order valence-corrected chi connectivity index (χ2v) is 1.50. The molecule has 6 N–H and O–H groups in total. The van der Waals surface area contributed by atoms with Crippen LogP contribution in [0.25, 0.3) is 0 Å². The van der Waals surface area contributed by atoms with E-state index in [1.807, 2.05) is 0 Å². The molecule has 0 heterocycles. The van der Waals surface area contributed by atoms with Crippen LogP contribution in [-0.4, -0.2) is 56.8 Å². The predicted molar refractivity (Wildman–Crippen MR) is 30.1 cm³/mol. The molecule has 6 nitrogen and oxygen atoms in total. The topological polar surface area (TPSA) is 141 Å². The van der Waals surface area contributed by atoms with Gasteiger partial charge in [0.25, 0.3) is 0 Å². The predicted octanol–water partition coefficient (Wildman–Crippen LogP) is -2.66. The summed E-state index contributed by atoms with van der Waals surface area (Å²) >= 11 is 0. The first-order chi connectivity index (χ1) is 3.72. The zero-order valence-corrected chi connectivity index (χ0v) is 6.71. The molecule has 0 aliphatic carbocycles. The molecule has 0 aromatic rings. The van der Waals surface area contributed by atoms with Gasteiger partial charge in [0.1, 0.15) is 12.2 Å². The van der Waals surface area contributed by atoms with E-state index in [9.17, 15) is 0 Å². The van der Waals surface area contributed by atoms with Crippen LogP contribution in [-0.2, 0) is 17.1 Å². The van der Waals surface area contributed by atoms with Gasteiger partial charge in [-0.15, -0.1) is 0 Å².